The van der Waals surface area contributed by atoms with Crippen molar-refractivity contribution in [3.05, 3.63) is 106 Å². The van der Waals surface area contributed by atoms with E-state index in [0.29, 0.717) is 18.9 Å². The molecular formula is C27H27N7O. The Labute approximate surface area is 203 Å². The van der Waals surface area contributed by atoms with Crippen molar-refractivity contribution in [2.45, 2.75) is 39.3 Å². The fourth-order valence-electron chi connectivity index (χ4n) is 4.31. The number of nitrogens with zero attached hydrogens (tertiary/aromatic N) is 6. The van der Waals surface area contributed by atoms with Crippen molar-refractivity contribution in [1.29, 1.82) is 0 Å². The summed E-state index contributed by atoms with van der Waals surface area (Å²) >= 11 is 0. The Hall–Kier alpha value is -4.33. The minimum atomic E-state index is 0.0401. The molecule has 0 fully saturated rings. The van der Waals surface area contributed by atoms with Gasteiger partial charge in [-0.05, 0) is 46.5 Å². The van der Waals surface area contributed by atoms with Crippen LogP contribution in [0.2, 0.25) is 0 Å². The first kappa shape index (κ1) is 22.5. The van der Waals surface area contributed by atoms with Gasteiger partial charge in [-0.1, -0.05) is 67.9 Å². The topological polar surface area (TPSA) is 94.3 Å². The quantitative estimate of drug-likeness (QED) is 0.353. The van der Waals surface area contributed by atoms with Crippen LogP contribution < -0.4 is 5.69 Å². The summed E-state index contributed by atoms with van der Waals surface area (Å²) in [5.41, 5.74) is 6.00. The second-order valence-electron chi connectivity index (χ2n) is 8.51. The molecule has 3 heterocycles. The number of nitrogens with one attached hydrogen (secondary N) is 1. The Balaban J connectivity index is 1.38. The molecule has 2 aromatic carbocycles. The molecule has 0 saturated carbocycles. The highest BCUT2D eigenvalue weighted by atomic mass is 16.1. The maximum atomic E-state index is 13.2. The number of tetrazole rings is 1. The number of aromatic nitrogens is 7. The van der Waals surface area contributed by atoms with E-state index in [0.717, 1.165) is 47.3 Å². The van der Waals surface area contributed by atoms with E-state index in [4.69, 9.17) is 0 Å². The molecule has 0 amide bonds. The van der Waals surface area contributed by atoms with Crippen LogP contribution in [0.3, 0.4) is 0 Å². The Morgan fingerprint density at radius 3 is 2.49 bits per heavy atom. The van der Waals surface area contributed by atoms with Crippen LogP contribution in [0, 0.1) is 0 Å². The van der Waals surface area contributed by atoms with E-state index < -0.39 is 0 Å². The highest BCUT2D eigenvalue weighted by Crippen LogP contribution is 2.27. The van der Waals surface area contributed by atoms with E-state index in [-0.39, 0.29) is 5.69 Å². The van der Waals surface area contributed by atoms with Crippen molar-refractivity contribution in [3.8, 4) is 22.6 Å². The number of benzene rings is 2. The average molecular weight is 466 g/mol. The first-order valence-corrected chi connectivity index (χ1v) is 11.8. The third kappa shape index (κ3) is 4.96. The molecule has 35 heavy (non-hydrogen) atoms. The molecule has 1 N–H and O–H groups in total. The van der Waals surface area contributed by atoms with Crippen LogP contribution in [0.15, 0.2) is 83.9 Å². The maximum absolute atomic E-state index is 13.2. The zero-order chi connectivity index (χ0) is 24.0. The first-order chi connectivity index (χ1) is 17.2. The van der Waals surface area contributed by atoms with Gasteiger partial charge in [-0.3, -0.25) is 14.1 Å². The summed E-state index contributed by atoms with van der Waals surface area (Å²) in [6.07, 6.45) is 6.46. The number of aromatic amines is 1. The summed E-state index contributed by atoms with van der Waals surface area (Å²) in [4.78, 5) is 17.8. The van der Waals surface area contributed by atoms with Gasteiger partial charge in [0.25, 0.3) is 0 Å². The zero-order valence-corrected chi connectivity index (χ0v) is 19.6. The maximum Gasteiger partial charge on any atom is 0.328 e. The molecule has 8 heteroatoms. The minimum absolute atomic E-state index is 0.0401. The third-order valence-corrected chi connectivity index (χ3v) is 6.09. The molecular weight excluding hydrogens is 438 g/mol. The molecule has 8 nitrogen and oxygen atoms in total. The monoisotopic (exact) mass is 465 g/mol. The largest absolute Gasteiger partial charge is 0.328 e. The van der Waals surface area contributed by atoms with Gasteiger partial charge in [0, 0.05) is 35.8 Å². The molecule has 0 aliphatic rings. The zero-order valence-electron chi connectivity index (χ0n) is 19.6. The number of rotatable bonds is 9. The summed E-state index contributed by atoms with van der Waals surface area (Å²) in [5, 5.41) is 14.2. The summed E-state index contributed by atoms with van der Waals surface area (Å²) < 4.78 is 3.74. The lowest BCUT2D eigenvalue weighted by atomic mass is 10.0. The molecule has 0 spiro atoms. The third-order valence-electron chi connectivity index (χ3n) is 6.09. The highest BCUT2D eigenvalue weighted by Gasteiger charge is 2.14. The fourth-order valence-corrected chi connectivity index (χ4v) is 4.31. The van der Waals surface area contributed by atoms with Gasteiger partial charge < -0.3 is 0 Å². The highest BCUT2D eigenvalue weighted by molar-refractivity contribution is 5.76. The van der Waals surface area contributed by atoms with Crippen LogP contribution in [0.25, 0.3) is 22.6 Å². The van der Waals surface area contributed by atoms with E-state index in [9.17, 15) is 4.79 Å². The summed E-state index contributed by atoms with van der Waals surface area (Å²) in [5.74, 6) is 0.574. The molecule has 5 rings (SSSR count). The van der Waals surface area contributed by atoms with Crippen molar-refractivity contribution in [1.82, 2.24) is 34.7 Å². The Morgan fingerprint density at radius 2 is 1.74 bits per heavy atom. The lowest BCUT2D eigenvalue weighted by Crippen LogP contribution is -2.26. The molecule has 176 valence electrons. The van der Waals surface area contributed by atoms with E-state index in [1.165, 1.54) is 5.56 Å². The number of hydrogen-bond donors (Lipinski definition) is 1. The molecule has 3 aromatic heterocycles. The molecule has 0 radical (unpaired) electrons. The summed E-state index contributed by atoms with van der Waals surface area (Å²) in [6, 6.07) is 22.2. The lowest BCUT2D eigenvalue weighted by molar-refractivity contribution is 0.628. The number of H-pyrrole nitrogens is 1. The number of pyridine rings is 1. The second-order valence-corrected chi connectivity index (χ2v) is 8.51. The number of hydrogen-bond acceptors (Lipinski definition) is 5. The minimum Gasteiger partial charge on any atom is -0.299 e. The summed E-state index contributed by atoms with van der Waals surface area (Å²) in [6.45, 7) is 3.34. The van der Waals surface area contributed by atoms with Crippen LogP contribution in [-0.2, 0) is 25.9 Å². The molecule has 0 bridgehead atoms. The van der Waals surface area contributed by atoms with Crippen molar-refractivity contribution >= 4 is 0 Å². The van der Waals surface area contributed by atoms with Gasteiger partial charge in [0.05, 0.1) is 12.2 Å². The van der Waals surface area contributed by atoms with Crippen molar-refractivity contribution < 1.29 is 0 Å². The van der Waals surface area contributed by atoms with Crippen LogP contribution in [0.4, 0.5) is 0 Å². The Morgan fingerprint density at radius 1 is 0.914 bits per heavy atom. The van der Waals surface area contributed by atoms with E-state index in [1.807, 2.05) is 57.8 Å². The van der Waals surface area contributed by atoms with Crippen LogP contribution in [0.5, 0.6) is 0 Å². The predicted molar refractivity (Wildman–Crippen MR) is 135 cm³/mol. The van der Waals surface area contributed by atoms with E-state index in [1.54, 1.807) is 6.20 Å². The SMILES string of the molecule is CCCc1cn(CCc2ccccc2)c(=O)n1Cc1ccc(-c2ncccc2-c2nnn[nH]2)cc1. The Kier molecular flexibility index (Phi) is 6.61. The second kappa shape index (κ2) is 10.3. The van der Waals surface area contributed by atoms with Gasteiger partial charge in [-0.15, -0.1) is 5.10 Å². The van der Waals surface area contributed by atoms with Crippen molar-refractivity contribution in [2.75, 3.05) is 0 Å². The molecule has 0 atom stereocenters. The van der Waals surface area contributed by atoms with Crippen molar-refractivity contribution in [2.24, 2.45) is 0 Å². The van der Waals surface area contributed by atoms with Gasteiger partial charge in [-0.2, -0.15) is 0 Å². The molecule has 5 aromatic rings. The molecule has 0 aliphatic heterocycles. The standard InChI is InChI=1S/C27H27N7O/c1-2-7-23-19-33(17-15-20-8-4-3-5-9-20)27(35)34(23)18-21-11-13-22(14-12-21)25-24(10-6-16-28-25)26-29-31-32-30-26/h3-6,8-14,16,19H,2,7,15,17-18H2,1H3,(H,29,30,31,32). The van der Waals surface area contributed by atoms with Gasteiger partial charge in [0.2, 0.25) is 0 Å². The van der Waals surface area contributed by atoms with E-state index >= 15 is 0 Å². The Bertz CT molecular complexity index is 1440. The van der Waals surface area contributed by atoms with E-state index in [2.05, 4.69) is 56.8 Å². The lowest BCUT2D eigenvalue weighted by Gasteiger charge is -2.09. The van der Waals surface area contributed by atoms with Crippen LogP contribution in [-0.4, -0.2) is 34.7 Å². The number of aryl methyl sites for hydroxylation is 3. The number of imidazole rings is 1. The normalized spacial score (nSPS) is 11.1. The smallest absolute Gasteiger partial charge is 0.299 e. The van der Waals surface area contributed by atoms with Gasteiger partial charge in [-0.25, -0.2) is 9.89 Å². The van der Waals surface area contributed by atoms with Crippen LogP contribution >= 0.6 is 0 Å². The molecule has 0 saturated heterocycles. The van der Waals surface area contributed by atoms with Gasteiger partial charge >= 0.3 is 5.69 Å². The predicted octanol–water partition coefficient (Wildman–Crippen LogP) is 4.14. The van der Waals surface area contributed by atoms with Crippen LogP contribution in [0.1, 0.15) is 30.2 Å². The average Bonchev–Trinajstić information content (AvgIpc) is 3.54. The summed E-state index contributed by atoms with van der Waals surface area (Å²) in [7, 11) is 0. The first-order valence-electron chi connectivity index (χ1n) is 11.8. The van der Waals surface area contributed by atoms with Gasteiger partial charge in [0.15, 0.2) is 5.82 Å². The molecule has 0 unspecified atom stereocenters. The van der Waals surface area contributed by atoms with Crippen molar-refractivity contribution in [3.63, 3.8) is 0 Å². The fraction of sp³-hybridized carbons (Fsp3) is 0.222. The molecule has 0 aliphatic carbocycles. The van der Waals surface area contributed by atoms with Gasteiger partial charge in [0.1, 0.15) is 0 Å².